The van der Waals surface area contributed by atoms with Gasteiger partial charge in [-0.3, -0.25) is 0 Å². The van der Waals surface area contributed by atoms with Gasteiger partial charge < -0.3 is 115 Å². The second-order valence-electron chi connectivity index (χ2n) is 20.3. The molecule has 0 saturated carbocycles. The van der Waals surface area contributed by atoms with Gasteiger partial charge in [-0.25, -0.2) is 0 Å². The topological polar surface area (TPSA) is 226 Å². The zero-order valence-electron chi connectivity index (χ0n) is 53.8. The summed E-state index contributed by atoms with van der Waals surface area (Å²) in [6.07, 6.45) is 0. The van der Waals surface area contributed by atoms with E-state index in [0.29, 0.717) is 257 Å². The summed E-state index contributed by atoms with van der Waals surface area (Å²) in [5.41, 5.74) is 6.32. The minimum atomic E-state index is -0.906. The van der Waals surface area contributed by atoms with Crippen molar-refractivity contribution in [2.75, 3.05) is 307 Å². The number of hydrogen-bond donors (Lipinski definition) is 2. The molecule has 0 aliphatic carbocycles. The number of aliphatic hydroxyl groups is 2. The Morgan fingerprint density at radius 3 is 0.809 bits per heavy atom. The van der Waals surface area contributed by atoms with Crippen LogP contribution >= 0.6 is 0 Å². The molecule has 0 bridgehead atoms. The molecule has 24 heteroatoms. The molecule has 4 rings (SSSR count). The number of rotatable bonds is 63. The van der Waals surface area contributed by atoms with Crippen molar-refractivity contribution in [2.45, 2.75) is 5.60 Å². The van der Waals surface area contributed by atoms with Gasteiger partial charge in [-0.15, -0.1) is 0 Å². The first-order valence-electron chi connectivity index (χ1n) is 31.3. The SMILES string of the molecule is C=C1OC(c2ccc(N(C)C)cc2)(c2ccc(N(CCOCCOCCOCCOCCOCCOCCOCCOCCOCCO)CCOCCOCCOCCOCCOCCOCCOCCOCCOCCO)cc2)c2ccc(N(C)C)cc21. The van der Waals surface area contributed by atoms with E-state index in [2.05, 4.69) is 88.0 Å². The van der Waals surface area contributed by atoms with Crippen molar-refractivity contribution in [3.05, 3.63) is 95.6 Å². The Bertz CT molecular complexity index is 2070. The molecule has 1 unspecified atom stereocenters. The van der Waals surface area contributed by atoms with Crippen molar-refractivity contribution in [3.8, 4) is 0 Å². The van der Waals surface area contributed by atoms with Gasteiger partial charge in [0.1, 0.15) is 5.76 Å². The molecule has 1 atom stereocenters. The minimum Gasteiger partial charge on any atom is -0.473 e. The maximum absolute atomic E-state index is 8.68. The second-order valence-corrected chi connectivity index (χ2v) is 20.3. The highest BCUT2D eigenvalue weighted by atomic mass is 16.6. The third-order valence-electron chi connectivity index (χ3n) is 13.3. The summed E-state index contributed by atoms with van der Waals surface area (Å²) < 4.78 is 107. The van der Waals surface area contributed by atoms with Crippen molar-refractivity contribution in [1.29, 1.82) is 0 Å². The zero-order valence-corrected chi connectivity index (χ0v) is 53.8. The number of nitrogens with zero attached hydrogens (tertiary/aromatic N) is 3. The van der Waals surface area contributed by atoms with Crippen molar-refractivity contribution in [1.82, 2.24) is 0 Å². The van der Waals surface area contributed by atoms with Gasteiger partial charge in [0.15, 0.2) is 5.60 Å². The van der Waals surface area contributed by atoms with Crippen molar-refractivity contribution >= 4 is 22.8 Å². The lowest BCUT2D eigenvalue weighted by molar-refractivity contribution is -0.0255. The average Bonchev–Trinajstić information content (AvgIpc) is 1.62. The summed E-state index contributed by atoms with van der Waals surface area (Å²) in [6.45, 7) is 22.3. The number of benzene rings is 3. The molecule has 1 aliphatic rings. The predicted octanol–water partition coefficient (Wildman–Crippen LogP) is 4.20. The van der Waals surface area contributed by atoms with Gasteiger partial charge in [-0.05, 0) is 36.4 Å². The van der Waals surface area contributed by atoms with Crippen LogP contribution in [-0.4, -0.2) is 303 Å². The Hall–Kier alpha value is -4.20. The van der Waals surface area contributed by atoms with E-state index in [1.54, 1.807) is 0 Å². The van der Waals surface area contributed by atoms with Gasteiger partial charge in [0.05, 0.1) is 251 Å². The van der Waals surface area contributed by atoms with Crippen LogP contribution in [-0.2, 0) is 95.6 Å². The normalized spacial score (nSPS) is 13.8. The van der Waals surface area contributed by atoms with Crippen LogP contribution < -0.4 is 14.7 Å². The molecule has 24 nitrogen and oxygen atoms in total. The molecule has 1 aliphatic heterocycles. The van der Waals surface area contributed by atoms with E-state index in [9.17, 15) is 0 Å². The first-order chi connectivity index (χ1) is 43.8. The first-order valence-corrected chi connectivity index (χ1v) is 31.3. The van der Waals surface area contributed by atoms with Crippen molar-refractivity contribution in [2.24, 2.45) is 0 Å². The fourth-order valence-corrected chi connectivity index (χ4v) is 8.71. The minimum absolute atomic E-state index is 0.0117. The third kappa shape index (κ3) is 34.3. The number of fused-ring (bicyclic) bond motifs is 1. The van der Waals surface area contributed by atoms with Gasteiger partial charge in [-0.1, -0.05) is 36.9 Å². The van der Waals surface area contributed by atoms with Crippen LogP contribution in [0, 0.1) is 0 Å². The second kappa shape index (κ2) is 52.3. The summed E-state index contributed by atoms with van der Waals surface area (Å²) >= 11 is 0. The maximum Gasteiger partial charge on any atom is 0.185 e. The highest BCUT2D eigenvalue weighted by Crippen LogP contribution is 2.52. The predicted molar refractivity (Wildman–Crippen MR) is 339 cm³/mol. The van der Waals surface area contributed by atoms with Gasteiger partial charge in [-0.2, -0.15) is 0 Å². The van der Waals surface area contributed by atoms with Crippen LogP contribution in [0.2, 0.25) is 0 Å². The molecular formula is C65H107N3O21. The number of aliphatic hydroxyl groups excluding tert-OH is 2. The van der Waals surface area contributed by atoms with Gasteiger partial charge in [0, 0.05) is 80.6 Å². The molecule has 0 saturated heterocycles. The number of anilines is 3. The first kappa shape index (κ1) is 77.2. The van der Waals surface area contributed by atoms with Crippen LogP contribution in [0.15, 0.2) is 73.3 Å². The van der Waals surface area contributed by atoms with Gasteiger partial charge >= 0.3 is 0 Å². The lowest BCUT2D eigenvalue weighted by Gasteiger charge is -2.32. The number of ether oxygens (including phenoxy) is 19. The molecule has 0 spiro atoms. The molecule has 508 valence electrons. The molecule has 0 radical (unpaired) electrons. The Morgan fingerprint density at radius 1 is 0.315 bits per heavy atom. The Balaban J connectivity index is 1.10. The maximum atomic E-state index is 8.68. The van der Waals surface area contributed by atoms with E-state index in [4.69, 9.17) is 100 Å². The summed E-state index contributed by atoms with van der Waals surface area (Å²) in [4.78, 5) is 6.45. The summed E-state index contributed by atoms with van der Waals surface area (Å²) in [6, 6.07) is 23.6. The fourth-order valence-electron chi connectivity index (χ4n) is 8.71. The van der Waals surface area contributed by atoms with E-state index in [1.807, 2.05) is 28.2 Å². The fraction of sp³-hybridized carbons (Fsp3) is 0.692. The van der Waals surface area contributed by atoms with Crippen molar-refractivity contribution in [3.63, 3.8) is 0 Å². The molecule has 1 heterocycles. The Morgan fingerprint density at radius 2 is 0.551 bits per heavy atom. The summed E-state index contributed by atoms with van der Waals surface area (Å²) in [5, 5.41) is 17.4. The highest BCUT2D eigenvalue weighted by Gasteiger charge is 2.46. The summed E-state index contributed by atoms with van der Waals surface area (Å²) in [7, 11) is 8.15. The summed E-state index contributed by atoms with van der Waals surface area (Å²) in [5.74, 6) is 0.631. The van der Waals surface area contributed by atoms with Crippen LogP contribution in [0.5, 0.6) is 0 Å². The van der Waals surface area contributed by atoms with Crippen LogP contribution in [0.4, 0.5) is 17.1 Å². The van der Waals surface area contributed by atoms with E-state index < -0.39 is 5.60 Å². The lowest BCUT2D eigenvalue weighted by atomic mass is 9.79. The smallest absolute Gasteiger partial charge is 0.185 e. The monoisotopic (exact) mass is 1270 g/mol. The Labute approximate surface area is 529 Å². The quantitative estimate of drug-likeness (QED) is 0.0756. The van der Waals surface area contributed by atoms with Crippen LogP contribution in [0.25, 0.3) is 5.76 Å². The molecule has 3 aromatic carbocycles. The third-order valence-corrected chi connectivity index (χ3v) is 13.3. The Kier molecular flexibility index (Phi) is 45.4. The average molecular weight is 1270 g/mol. The highest BCUT2D eigenvalue weighted by molar-refractivity contribution is 5.75. The molecule has 89 heavy (non-hydrogen) atoms. The van der Waals surface area contributed by atoms with Crippen LogP contribution in [0.3, 0.4) is 0 Å². The van der Waals surface area contributed by atoms with Gasteiger partial charge in [0.2, 0.25) is 0 Å². The van der Waals surface area contributed by atoms with Crippen LogP contribution in [0.1, 0.15) is 22.3 Å². The van der Waals surface area contributed by atoms with E-state index in [1.165, 1.54) is 0 Å². The molecule has 2 N–H and O–H groups in total. The van der Waals surface area contributed by atoms with Crippen molar-refractivity contribution < 1.29 is 100 Å². The molecule has 0 aromatic heterocycles. The van der Waals surface area contributed by atoms with Gasteiger partial charge in [0.25, 0.3) is 0 Å². The standard InChI is InChI=1S/C65H107N3O21/c1-57-63-56-62(67(4)5)14-15-64(63)65(89-57,58-6-10-60(11-7-58)66(2)3)59-8-12-61(13-9-59)68(16-20-71-24-28-75-32-36-79-40-44-83-48-52-87-54-50-85-46-42-81-38-34-77-30-26-73-22-18-69)17-21-72-25-29-76-33-37-80-41-45-84-49-53-88-55-51-86-47-43-82-39-35-78-31-27-74-23-19-70/h6-15,56,69-70H,1,16-55H2,2-5H3. The zero-order chi connectivity index (χ0) is 63.3. The molecule has 3 aromatic rings. The lowest BCUT2D eigenvalue weighted by Crippen LogP contribution is -2.32. The van der Waals surface area contributed by atoms with E-state index in [0.717, 1.165) is 39.3 Å². The molecule has 0 amide bonds. The molecular weight excluding hydrogens is 1160 g/mol. The van der Waals surface area contributed by atoms with E-state index in [-0.39, 0.29) is 13.2 Å². The molecule has 0 fully saturated rings. The van der Waals surface area contributed by atoms with E-state index >= 15 is 0 Å². The largest absolute Gasteiger partial charge is 0.473 e. The number of hydrogen-bond acceptors (Lipinski definition) is 24.